The largest absolute Gasteiger partial charge is 0.490 e. The molecule has 92 valence electrons. The van der Waals surface area contributed by atoms with Gasteiger partial charge in [-0.1, -0.05) is 0 Å². The van der Waals surface area contributed by atoms with Gasteiger partial charge in [-0.3, -0.25) is 14.9 Å². The molecule has 0 aliphatic heterocycles. The van der Waals surface area contributed by atoms with Crippen LogP contribution in [0.25, 0.3) is 0 Å². The van der Waals surface area contributed by atoms with Crippen molar-refractivity contribution in [2.24, 2.45) is 0 Å². The molecule has 0 heterocycles. The van der Waals surface area contributed by atoms with Gasteiger partial charge in [-0.05, 0) is 19.9 Å². The summed E-state index contributed by atoms with van der Waals surface area (Å²) in [5.74, 6) is 0.274. The molecule has 0 aliphatic carbocycles. The summed E-state index contributed by atoms with van der Waals surface area (Å²) in [6.45, 7) is 4.07. The maximum Gasteiger partial charge on any atom is 0.315 e. The number of hydrogen-bond donors (Lipinski definition) is 0. The van der Waals surface area contributed by atoms with Crippen LogP contribution in [0.2, 0.25) is 0 Å². The minimum atomic E-state index is -0.597. The first-order valence-corrected chi connectivity index (χ1v) is 5.17. The van der Waals surface area contributed by atoms with E-state index in [2.05, 4.69) is 0 Å². The molecular weight excluding hydrogens is 226 g/mol. The number of nitro groups is 1. The lowest BCUT2D eigenvalue weighted by molar-refractivity contribution is -0.386. The molecule has 0 radical (unpaired) electrons. The van der Waals surface area contributed by atoms with E-state index < -0.39 is 4.92 Å². The van der Waals surface area contributed by atoms with Crippen molar-refractivity contribution >= 4 is 12.0 Å². The quantitative estimate of drug-likeness (QED) is 0.432. The molecule has 0 aliphatic rings. The summed E-state index contributed by atoms with van der Waals surface area (Å²) < 4.78 is 10.4. The standard InChI is InChI=1S/C11H13NO5/c1-3-16-10-6-8(7-13)5-9(12(14)15)11(10)17-4-2/h5-7H,3-4H2,1-2H3. The topological polar surface area (TPSA) is 78.7 Å². The van der Waals surface area contributed by atoms with Crippen molar-refractivity contribution in [1.82, 2.24) is 0 Å². The molecule has 0 unspecified atom stereocenters. The van der Waals surface area contributed by atoms with Gasteiger partial charge in [-0.2, -0.15) is 0 Å². The summed E-state index contributed by atoms with van der Waals surface area (Å²) in [7, 11) is 0. The van der Waals surface area contributed by atoms with Gasteiger partial charge in [-0.15, -0.1) is 0 Å². The molecule has 0 saturated carbocycles. The lowest BCUT2D eigenvalue weighted by Gasteiger charge is -2.11. The Kier molecular flexibility index (Phi) is 4.45. The SMILES string of the molecule is CCOc1cc(C=O)cc([N+](=O)[O-])c1OCC. The van der Waals surface area contributed by atoms with Crippen molar-refractivity contribution in [3.8, 4) is 11.5 Å². The van der Waals surface area contributed by atoms with Gasteiger partial charge in [0.15, 0.2) is 5.75 Å². The Morgan fingerprint density at radius 1 is 1.29 bits per heavy atom. The summed E-state index contributed by atoms with van der Waals surface area (Å²) in [4.78, 5) is 21.0. The van der Waals surface area contributed by atoms with Crippen molar-refractivity contribution < 1.29 is 19.2 Å². The zero-order chi connectivity index (χ0) is 12.8. The highest BCUT2D eigenvalue weighted by molar-refractivity contribution is 5.79. The summed E-state index contributed by atoms with van der Waals surface area (Å²) in [5.41, 5.74) is -0.0801. The summed E-state index contributed by atoms with van der Waals surface area (Å²) in [6, 6.07) is 2.59. The van der Waals surface area contributed by atoms with E-state index in [-0.39, 0.29) is 29.4 Å². The number of hydrogen-bond acceptors (Lipinski definition) is 5. The highest BCUT2D eigenvalue weighted by Gasteiger charge is 2.22. The van der Waals surface area contributed by atoms with Gasteiger partial charge in [-0.25, -0.2) is 0 Å². The highest BCUT2D eigenvalue weighted by atomic mass is 16.6. The highest BCUT2D eigenvalue weighted by Crippen LogP contribution is 2.38. The Morgan fingerprint density at radius 3 is 2.41 bits per heavy atom. The third-order valence-corrected chi connectivity index (χ3v) is 1.98. The fraction of sp³-hybridized carbons (Fsp3) is 0.364. The van der Waals surface area contributed by atoms with Crippen molar-refractivity contribution in [2.75, 3.05) is 13.2 Å². The van der Waals surface area contributed by atoms with Crippen LogP contribution in [0.4, 0.5) is 5.69 Å². The lowest BCUT2D eigenvalue weighted by Crippen LogP contribution is -2.03. The van der Waals surface area contributed by atoms with Crippen molar-refractivity contribution in [2.45, 2.75) is 13.8 Å². The molecule has 0 amide bonds. The molecule has 1 aromatic carbocycles. The molecule has 1 aromatic rings. The second-order valence-corrected chi connectivity index (χ2v) is 3.11. The zero-order valence-corrected chi connectivity index (χ0v) is 9.63. The second-order valence-electron chi connectivity index (χ2n) is 3.11. The number of carbonyl (C=O) groups is 1. The normalized spacial score (nSPS) is 9.76. The van der Waals surface area contributed by atoms with Crippen LogP contribution in [-0.4, -0.2) is 24.4 Å². The molecule has 6 nitrogen and oxygen atoms in total. The number of carbonyl (C=O) groups excluding carboxylic acids is 1. The van der Waals surface area contributed by atoms with E-state index in [1.54, 1.807) is 13.8 Å². The first-order valence-electron chi connectivity index (χ1n) is 5.17. The van der Waals surface area contributed by atoms with Crippen LogP contribution in [0.15, 0.2) is 12.1 Å². The molecule has 0 atom stereocenters. The fourth-order valence-electron chi connectivity index (χ4n) is 1.36. The molecule has 0 N–H and O–H groups in total. The predicted octanol–water partition coefficient (Wildman–Crippen LogP) is 2.20. The monoisotopic (exact) mass is 239 g/mol. The van der Waals surface area contributed by atoms with Gasteiger partial charge >= 0.3 is 5.69 Å². The molecule has 6 heteroatoms. The zero-order valence-electron chi connectivity index (χ0n) is 9.63. The lowest BCUT2D eigenvalue weighted by atomic mass is 10.2. The van der Waals surface area contributed by atoms with Crippen LogP contribution in [0.1, 0.15) is 24.2 Å². The average Bonchev–Trinajstić information content (AvgIpc) is 2.31. The Balaban J connectivity index is 3.37. The van der Waals surface area contributed by atoms with E-state index in [1.807, 2.05) is 0 Å². The average molecular weight is 239 g/mol. The maximum absolute atomic E-state index is 10.9. The summed E-state index contributed by atoms with van der Waals surface area (Å²) >= 11 is 0. The number of ether oxygens (including phenoxy) is 2. The summed E-state index contributed by atoms with van der Waals surface area (Å²) in [5, 5.41) is 10.9. The number of nitrogens with zero attached hydrogens (tertiary/aromatic N) is 1. The van der Waals surface area contributed by atoms with E-state index in [0.29, 0.717) is 12.9 Å². The predicted molar refractivity (Wildman–Crippen MR) is 60.8 cm³/mol. The van der Waals surface area contributed by atoms with Crippen LogP contribution in [0, 0.1) is 10.1 Å². The molecule has 0 saturated heterocycles. The Morgan fingerprint density at radius 2 is 1.94 bits per heavy atom. The maximum atomic E-state index is 10.9. The van der Waals surface area contributed by atoms with Gasteiger partial charge in [0.1, 0.15) is 6.29 Å². The Hall–Kier alpha value is -2.11. The van der Waals surface area contributed by atoms with Gasteiger partial charge in [0.25, 0.3) is 0 Å². The molecule has 17 heavy (non-hydrogen) atoms. The Bertz CT molecular complexity index is 430. The third-order valence-electron chi connectivity index (χ3n) is 1.98. The summed E-state index contributed by atoms with van der Waals surface area (Å²) in [6.07, 6.45) is 0.533. The smallest absolute Gasteiger partial charge is 0.315 e. The Labute approximate surface area is 98.3 Å². The van der Waals surface area contributed by atoms with Gasteiger partial charge in [0, 0.05) is 11.6 Å². The third kappa shape index (κ3) is 2.93. The van der Waals surface area contributed by atoms with Crippen LogP contribution >= 0.6 is 0 Å². The first-order chi connectivity index (χ1) is 8.13. The van der Waals surface area contributed by atoms with Crippen LogP contribution in [0.5, 0.6) is 11.5 Å². The number of benzene rings is 1. The van der Waals surface area contributed by atoms with Crippen LogP contribution < -0.4 is 9.47 Å². The molecular formula is C11H13NO5. The van der Waals surface area contributed by atoms with Gasteiger partial charge in [0.2, 0.25) is 5.75 Å². The molecule has 1 rings (SSSR count). The minimum absolute atomic E-state index is 0.0601. The van der Waals surface area contributed by atoms with Crippen molar-refractivity contribution in [3.63, 3.8) is 0 Å². The van der Waals surface area contributed by atoms with E-state index in [9.17, 15) is 14.9 Å². The number of aldehydes is 1. The van der Waals surface area contributed by atoms with Crippen molar-refractivity contribution in [3.05, 3.63) is 27.8 Å². The molecule has 0 bridgehead atoms. The molecule has 0 aromatic heterocycles. The fourth-order valence-corrected chi connectivity index (χ4v) is 1.36. The van der Waals surface area contributed by atoms with Crippen molar-refractivity contribution in [1.29, 1.82) is 0 Å². The molecule has 0 fully saturated rings. The van der Waals surface area contributed by atoms with E-state index in [0.717, 1.165) is 0 Å². The van der Waals surface area contributed by atoms with E-state index >= 15 is 0 Å². The van der Waals surface area contributed by atoms with E-state index in [1.165, 1.54) is 12.1 Å². The van der Waals surface area contributed by atoms with Gasteiger partial charge < -0.3 is 9.47 Å². The van der Waals surface area contributed by atoms with E-state index in [4.69, 9.17) is 9.47 Å². The number of nitro benzene ring substituents is 1. The van der Waals surface area contributed by atoms with Crippen LogP contribution in [0.3, 0.4) is 0 Å². The second kappa shape index (κ2) is 5.83. The first kappa shape index (κ1) is 13.0. The van der Waals surface area contributed by atoms with Gasteiger partial charge in [0.05, 0.1) is 18.1 Å². The molecule has 0 spiro atoms. The number of rotatable bonds is 6. The van der Waals surface area contributed by atoms with Crippen LogP contribution in [-0.2, 0) is 0 Å². The minimum Gasteiger partial charge on any atom is -0.490 e.